The fourth-order valence-electron chi connectivity index (χ4n) is 1.03. The van der Waals surface area contributed by atoms with Crippen molar-refractivity contribution in [3.8, 4) is 0 Å². The second-order valence-electron chi connectivity index (χ2n) is 4.16. The monoisotopic (exact) mass is 168 g/mol. The Labute approximate surface area is 73.1 Å². The molecular formula is C9H16N2O. The van der Waals surface area contributed by atoms with E-state index in [1.54, 1.807) is 6.20 Å². The summed E-state index contributed by atoms with van der Waals surface area (Å²) in [5.74, 6) is 0.725. The predicted molar refractivity (Wildman–Crippen MR) is 47.6 cm³/mol. The standard InChI is InChI=1S/C9H16N2O/c1-9(2,3)7(12)8-10-5-6-11(8)4/h5-7,12H,1-4H3. The van der Waals surface area contributed by atoms with Crippen LogP contribution in [0, 0.1) is 5.41 Å². The minimum Gasteiger partial charge on any atom is -0.385 e. The van der Waals surface area contributed by atoms with Crippen LogP contribution in [0.2, 0.25) is 0 Å². The van der Waals surface area contributed by atoms with Gasteiger partial charge in [-0.3, -0.25) is 0 Å². The molecule has 1 N–H and O–H groups in total. The molecule has 0 amide bonds. The molecule has 68 valence electrons. The Bertz CT molecular complexity index is 260. The lowest BCUT2D eigenvalue weighted by atomic mass is 9.89. The molecule has 0 aliphatic carbocycles. The summed E-state index contributed by atoms with van der Waals surface area (Å²) in [7, 11) is 1.89. The second-order valence-corrected chi connectivity index (χ2v) is 4.16. The molecular weight excluding hydrogens is 152 g/mol. The van der Waals surface area contributed by atoms with E-state index in [-0.39, 0.29) is 5.41 Å². The van der Waals surface area contributed by atoms with Gasteiger partial charge in [0.05, 0.1) is 0 Å². The average Bonchev–Trinajstić information content (AvgIpc) is 2.31. The number of aliphatic hydroxyl groups is 1. The van der Waals surface area contributed by atoms with Gasteiger partial charge in [-0.1, -0.05) is 20.8 Å². The van der Waals surface area contributed by atoms with Crippen molar-refractivity contribution >= 4 is 0 Å². The molecule has 1 atom stereocenters. The molecule has 1 aromatic rings. The van der Waals surface area contributed by atoms with Crippen LogP contribution in [-0.4, -0.2) is 14.7 Å². The van der Waals surface area contributed by atoms with Crippen molar-refractivity contribution in [2.24, 2.45) is 12.5 Å². The molecule has 0 aromatic carbocycles. The van der Waals surface area contributed by atoms with Crippen LogP contribution in [0.15, 0.2) is 12.4 Å². The molecule has 3 heteroatoms. The van der Waals surface area contributed by atoms with Crippen LogP contribution in [0.25, 0.3) is 0 Å². The molecule has 1 heterocycles. The normalized spacial score (nSPS) is 14.8. The quantitative estimate of drug-likeness (QED) is 0.690. The lowest BCUT2D eigenvalue weighted by molar-refractivity contribution is 0.0526. The first kappa shape index (κ1) is 9.26. The minimum atomic E-state index is -0.502. The maximum absolute atomic E-state index is 9.84. The van der Waals surface area contributed by atoms with Gasteiger partial charge >= 0.3 is 0 Å². The second kappa shape index (κ2) is 2.90. The van der Waals surface area contributed by atoms with E-state index in [0.29, 0.717) is 0 Å². The number of imidazole rings is 1. The van der Waals surface area contributed by atoms with Crippen LogP contribution < -0.4 is 0 Å². The summed E-state index contributed by atoms with van der Waals surface area (Å²) in [5, 5.41) is 9.84. The van der Waals surface area contributed by atoms with E-state index in [0.717, 1.165) is 5.82 Å². The van der Waals surface area contributed by atoms with Crippen LogP contribution in [0.1, 0.15) is 32.7 Å². The zero-order valence-electron chi connectivity index (χ0n) is 8.07. The van der Waals surface area contributed by atoms with Crippen molar-refractivity contribution < 1.29 is 5.11 Å². The fraction of sp³-hybridized carbons (Fsp3) is 0.667. The highest BCUT2D eigenvalue weighted by atomic mass is 16.3. The number of hydrogen-bond acceptors (Lipinski definition) is 2. The lowest BCUT2D eigenvalue weighted by Crippen LogP contribution is -2.20. The molecule has 0 spiro atoms. The van der Waals surface area contributed by atoms with Crippen LogP contribution in [0.5, 0.6) is 0 Å². The molecule has 0 saturated heterocycles. The highest BCUT2D eigenvalue weighted by Crippen LogP contribution is 2.30. The number of rotatable bonds is 1. The summed E-state index contributed by atoms with van der Waals surface area (Å²) in [4.78, 5) is 4.10. The maximum atomic E-state index is 9.84. The van der Waals surface area contributed by atoms with Gasteiger partial charge in [0.15, 0.2) is 0 Å². The first-order valence-corrected chi connectivity index (χ1v) is 4.08. The highest BCUT2D eigenvalue weighted by molar-refractivity contribution is 4.99. The van der Waals surface area contributed by atoms with Crippen LogP contribution in [0.4, 0.5) is 0 Å². The largest absolute Gasteiger partial charge is 0.385 e. The van der Waals surface area contributed by atoms with Crippen molar-refractivity contribution in [2.45, 2.75) is 26.9 Å². The van der Waals surface area contributed by atoms with Gasteiger partial charge in [0, 0.05) is 19.4 Å². The smallest absolute Gasteiger partial charge is 0.137 e. The third-order valence-electron chi connectivity index (χ3n) is 1.92. The third kappa shape index (κ3) is 1.67. The van der Waals surface area contributed by atoms with E-state index in [9.17, 15) is 5.11 Å². The Kier molecular flexibility index (Phi) is 2.24. The molecule has 0 bridgehead atoms. The van der Waals surface area contributed by atoms with E-state index in [4.69, 9.17) is 0 Å². The minimum absolute atomic E-state index is 0.154. The molecule has 0 saturated carbocycles. The van der Waals surface area contributed by atoms with E-state index in [1.807, 2.05) is 38.6 Å². The Hall–Kier alpha value is -0.830. The summed E-state index contributed by atoms with van der Waals surface area (Å²) in [6.45, 7) is 5.98. The number of aromatic nitrogens is 2. The molecule has 1 unspecified atom stereocenters. The Balaban J connectivity index is 2.92. The summed E-state index contributed by atoms with van der Waals surface area (Å²) < 4.78 is 1.84. The third-order valence-corrected chi connectivity index (χ3v) is 1.92. The molecule has 3 nitrogen and oxygen atoms in total. The van der Waals surface area contributed by atoms with E-state index in [1.165, 1.54) is 0 Å². The number of aliphatic hydroxyl groups excluding tert-OH is 1. The summed E-state index contributed by atoms with van der Waals surface area (Å²) in [6.07, 6.45) is 3.03. The van der Waals surface area contributed by atoms with Gasteiger partial charge in [-0.25, -0.2) is 4.98 Å². The first-order chi connectivity index (χ1) is 5.43. The van der Waals surface area contributed by atoms with Crippen molar-refractivity contribution in [3.05, 3.63) is 18.2 Å². The number of hydrogen-bond donors (Lipinski definition) is 1. The molecule has 0 aliphatic rings. The predicted octanol–water partition coefficient (Wildman–Crippen LogP) is 1.50. The summed E-state index contributed by atoms with van der Waals surface area (Å²) in [5.41, 5.74) is -0.154. The zero-order chi connectivity index (χ0) is 9.35. The Morgan fingerprint density at radius 2 is 2.08 bits per heavy atom. The number of aryl methyl sites for hydroxylation is 1. The zero-order valence-corrected chi connectivity index (χ0v) is 8.07. The lowest BCUT2D eigenvalue weighted by Gasteiger charge is -2.25. The molecule has 0 radical (unpaired) electrons. The summed E-state index contributed by atoms with van der Waals surface area (Å²) in [6, 6.07) is 0. The van der Waals surface area contributed by atoms with Crippen LogP contribution >= 0.6 is 0 Å². The van der Waals surface area contributed by atoms with Gasteiger partial charge in [-0.2, -0.15) is 0 Å². The van der Waals surface area contributed by atoms with Gasteiger partial charge < -0.3 is 9.67 Å². The Morgan fingerprint density at radius 1 is 1.50 bits per heavy atom. The van der Waals surface area contributed by atoms with E-state index >= 15 is 0 Å². The molecule has 0 fully saturated rings. The SMILES string of the molecule is Cn1ccnc1C(O)C(C)(C)C. The average molecular weight is 168 g/mol. The summed E-state index contributed by atoms with van der Waals surface area (Å²) >= 11 is 0. The van der Waals surface area contributed by atoms with Crippen molar-refractivity contribution in [1.82, 2.24) is 9.55 Å². The molecule has 1 aromatic heterocycles. The molecule has 0 aliphatic heterocycles. The maximum Gasteiger partial charge on any atom is 0.137 e. The van der Waals surface area contributed by atoms with Gasteiger partial charge in [0.2, 0.25) is 0 Å². The van der Waals surface area contributed by atoms with Crippen molar-refractivity contribution in [2.75, 3.05) is 0 Å². The topological polar surface area (TPSA) is 38.0 Å². The van der Waals surface area contributed by atoms with Crippen LogP contribution in [-0.2, 0) is 7.05 Å². The fourth-order valence-corrected chi connectivity index (χ4v) is 1.03. The van der Waals surface area contributed by atoms with Crippen LogP contribution in [0.3, 0.4) is 0 Å². The van der Waals surface area contributed by atoms with Gasteiger partial charge in [-0.05, 0) is 5.41 Å². The van der Waals surface area contributed by atoms with Gasteiger partial charge in [-0.15, -0.1) is 0 Å². The van der Waals surface area contributed by atoms with Crippen molar-refractivity contribution in [1.29, 1.82) is 0 Å². The number of nitrogens with zero attached hydrogens (tertiary/aromatic N) is 2. The highest BCUT2D eigenvalue weighted by Gasteiger charge is 2.26. The Morgan fingerprint density at radius 3 is 2.42 bits per heavy atom. The van der Waals surface area contributed by atoms with Gasteiger partial charge in [0.1, 0.15) is 11.9 Å². The van der Waals surface area contributed by atoms with Crippen molar-refractivity contribution in [3.63, 3.8) is 0 Å². The molecule has 12 heavy (non-hydrogen) atoms. The van der Waals surface area contributed by atoms with E-state index in [2.05, 4.69) is 4.98 Å². The first-order valence-electron chi connectivity index (χ1n) is 4.08. The van der Waals surface area contributed by atoms with E-state index < -0.39 is 6.10 Å². The van der Waals surface area contributed by atoms with Gasteiger partial charge in [0.25, 0.3) is 0 Å². The molecule has 1 rings (SSSR count).